The topological polar surface area (TPSA) is 39.1 Å². The minimum absolute atomic E-state index is 0.810. The van der Waals surface area contributed by atoms with Gasteiger partial charge in [-0.15, -0.1) is 0 Å². The molecule has 3 aromatic rings. The molecule has 1 aliphatic rings. The number of rotatable bonds is 3. The van der Waals surface area contributed by atoms with Crippen LogP contribution in [0.4, 0.5) is 5.82 Å². The van der Waals surface area contributed by atoms with E-state index in [4.69, 9.17) is 9.84 Å². The van der Waals surface area contributed by atoms with Gasteiger partial charge in [-0.3, -0.25) is 0 Å². The molecule has 4 nitrogen and oxygen atoms in total. The third-order valence-corrected chi connectivity index (χ3v) is 4.78. The molecule has 2 aromatic carbocycles. The van der Waals surface area contributed by atoms with Crippen LogP contribution in [0.2, 0.25) is 0 Å². The van der Waals surface area contributed by atoms with E-state index in [-0.39, 0.29) is 0 Å². The van der Waals surface area contributed by atoms with Crippen molar-refractivity contribution in [2.75, 3.05) is 19.0 Å². The van der Waals surface area contributed by atoms with Gasteiger partial charge in [-0.2, -0.15) is 5.10 Å². The van der Waals surface area contributed by atoms with Gasteiger partial charge < -0.3 is 10.1 Å². The van der Waals surface area contributed by atoms with E-state index in [1.165, 1.54) is 5.56 Å². The van der Waals surface area contributed by atoms with Crippen LogP contribution in [0.5, 0.6) is 5.75 Å². The minimum Gasteiger partial charge on any atom is -0.494 e. The normalized spacial score (nSPS) is 12.8. The molecular formula is C18H16BrN3O. The van der Waals surface area contributed by atoms with Gasteiger partial charge in [0.1, 0.15) is 17.3 Å². The molecule has 2 heterocycles. The number of halogens is 1. The van der Waals surface area contributed by atoms with Crippen LogP contribution in [0.3, 0.4) is 0 Å². The summed E-state index contributed by atoms with van der Waals surface area (Å²) in [5.74, 6) is 1.87. The predicted molar refractivity (Wildman–Crippen MR) is 95.4 cm³/mol. The van der Waals surface area contributed by atoms with Gasteiger partial charge in [-0.05, 0) is 24.6 Å². The van der Waals surface area contributed by atoms with E-state index in [0.717, 1.165) is 46.0 Å². The second kappa shape index (κ2) is 5.74. The molecule has 0 atom stereocenters. The molecule has 0 fully saturated rings. The SMILES string of the molecule is COc1ccccc1-n1nc(-c2ccccc2Br)c2c1NCC2. The summed E-state index contributed by atoms with van der Waals surface area (Å²) in [5, 5.41) is 8.34. The average Bonchev–Trinajstić information content (AvgIpc) is 3.18. The Bertz CT molecular complexity index is 872. The summed E-state index contributed by atoms with van der Waals surface area (Å²) >= 11 is 3.64. The highest BCUT2D eigenvalue weighted by atomic mass is 79.9. The molecule has 5 heteroatoms. The Labute approximate surface area is 143 Å². The van der Waals surface area contributed by atoms with E-state index in [9.17, 15) is 0 Å². The molecule has 0 amide bonds. The fourth-order valence-corrected chi connectivity index (χ4v) is 3.50. The van der Waals surface area contributed by atoms with Crippen LogP contribution >= 0.6 is 15.9 Å². The molecule has 1 N–H and O–H groups in total. The summed E-state index contributed by atoms with van der Waals surface area (Å²) in [4.78, 5) is 0. The van der Waals surface area contributed by atoms with Crippen molar-refractivity contribution in [3.05, 3.63) is 58.6 Å². The quantitative estimate of drug-likeness (QED) is 0.748. The lowest BCUT2D eigenvalue weighted by Gasteiger charge is -2.10. The molecule has 0 bridgehead atoms. The van der Waals surface area contributed by atoms with Crippen molar-refractivity contribution in [2.24, 2.45) is 0 Å². The van der Waals surface area contributed by atoms with Gasteiger partial charge >= 0.3 is 0 Å². The zero-order valence-corrected chi connectivity index (χ0v) is 14.3. The van der Waals surface area contributed by atoms with Crippen LogP contribution in [-0.4, -0.2) is 23.4 Å². The van der Waals surface area contributed by atoms with E-state index in [2.05, 4.69) is 27.3 Å². The highest BCUT2D eigenvalue weighted by molar-refractivity contribution is 9.10. The number of nitrogens with one attached hydrogen (secondary N) is 1. The number of aromatic nitrogens is 2. The lowest BCUT2D eigenvalue weighted by atomic mass is 10.1. The molecule has 1 aliphatic heterocycles. The first-order chi connectivity index (χ1) is 11.3. The lowest BCUT2D eigenvalue weighted by Crippen LogP contribution is -2.05. The fourth-order valence-electron chi connectivity index (χ4n) is 3.02. The zero-order chi connectivity index (χ0) is 15.8. The number of ether oxygens (including phenoxy) is 1. The molecule has 0 unspecified atom stereocenters. The molecule has 0 saturated carbocycles. The number of fused-ring (bicyclic) bond motifs is 1. The van der Waals surface area contributed by atoms with Crippen molar-refractivity contribution >= 4 is 21.7 Å². The molecule has 0 spiro atoms. The van der Waals surface area contributed by atoms with Gasteiger partial charge in [-0.25, -0.2) is 4.68 Å². The number of hydrogen-bond donors (Lipinski definition) is 1. The number of methoxy groups -OCH3 is 1. The lowest BCUT2D eigenvalue weighted by molar-refractivity contribution is 0.412. The minimum atomic E-state index is 0.810. The number of benzene rings is 2. The number of anilines is 1. The number of hydrogen-bond acceptors (Lipinski definition) is 3. The standard InChI is InChI=1S/C18H16BrN3O/c1-23-16-9-5-4-8-15(16)22-18-13(10-11-20-18)17(21-22)12-6-2-3-7-14(12)19/h2-9,20H,10-11H2,1H3. The van der Waals surface area contributed by atoms with Gasteiger partial charge in [0.25, 0.3) is 0 Å². The molecule has 23 heavy (non-hydrogen) atoms. The van der Waals surface area contributed by atoms with E-state index in [0.29, 0.717) is 0 Å². The Kier molecular flexibility index (Phi) is 3.58. The summed E-state index contributed by atoms with van der Waals surface area (Å²) in [6.45, 7) is 0.930. The zero-order valence-electron chi connectivity index (χ0n) is 12.7. The van der Waals surface area contributed by atoms with E-state index < -0.39 is 0 Å². The van der Waals surface area contributed by atoms with E-state index >= 15 is 0 Å². The van der Waals surface area contributed by atoms with Gasteiger partial charge in [0.2, 0.25) is 0 Å². The summed E-state index contributed by atoms with van der Waals surface area (Å²) < 4.78 is 8.51. The molecule has 4 rings (SSSR count). The maximum atomic E-state index is 5.50. The highest BCUT2D eigenvalue weighted by Crippen LogP contribution is 2.38. The van der Waals surface area contributed by atoms with Gasteiger partial charge in [0, 0.05) is 22.1 Å². The smallest absolute Gasteiger partial charge is 0.144 e. The summed E-state index contributed by atoms with van der Waals surface area (Å²) in [6, 6.07) is 16.1. The van der Waals surface area contributed by atoms with Crippen LogP contribution in [0.1, 0.15) is 5.56 Å². The average molecular weight is 370 g/mol. The number of para-hydroxylation sites is 2. The van der Waals surface area contributed by atoms with Crippen molar-refractivity contribution in [3.8, 4) is 22.7 Å². The van der Waals surface area contributed by atoms with Gasteiger partial charge in [-0.1, -0.05) is 46.3 Å². The first-order valence-electron chi connectivity index (χ1n) is 7.53. The van der Waals surface area contributed by atoms with Crippen LogP contribution in [-0.2, 0) is 6.42 Å². The van der Waals surface area contributed by atoms with E-state index in [1.54, 1.807) is 7.11 Å². The van der Waals surface area contributed by atoms with Gasteiger partial charge in [0.15, 0.2) is 0 Å². The Balaban J connectivity index is 1.94. The van der Waals surface area contributed by atoms with Crippen molar-refractivity contribution < 1.29 is 4.74 Å². The second-order valence-electron chi connectivity index (χ2n) is 5.42. The van der Waals surface area contributed by atoms with Crippen molar-refractivity contribution in [3.63, 3.8) is 0 Å². The van der Waals surface area contributed by atoms with Crippen molar-refractivity contribution in [1.29, 1.82) is 0 Å². The third-order valence-electron chi connectivity index (χ3n) is 4.09. The van der Waals surface area contributed by atoms with Crippen LogP contribution < -0.4 is 10.1 Å². The predicted octanol–water partition coefficient (Wildman–Crippen LogP) is 4.28. The Morgan fingerprint density at radius 3 is 2.74 bits per heavy atom. The van der Waals surface area contributed by atoms with Gasteiger partial charge in [0.05, 0.1) is 12.8 Å². The largest absolute Gasteiger partial charge is 0.494 e. The van der Waals surface area contributed by atoms with Crippen molar-refractivity contribution in [2.45, 2.75) is 6.42 Å². The Hall–Kier alpha value is -2.27. The Morgan fingerprint density at radius 1 is 1.13 bits per heavy atom. The maximum absolute atomic E-state index is 5.50. The molecule has 116 valence electrons. The Morgan fingerprint density at radius 2 is 1.91 bits per heavy atom. The number of nitrogens with zero attached hydrogens (tertiary/aromatic N) is 2. The van der Waals surface area contributed by atoms with E-state index in [1.807, 2.05) is 47.1 Å². The van der Waals surface area contributed by atoms with Crippen molar-refractivity contribution in [1.82, 2.24) is 9.78 Å². The molecule has 0 radical (unpaired) electrons. The molecule has 0 aliphatic carbocycles. The fraction of sp³-hybridized carbons (Fsp3) is 0.167. The third kappa shape index (κ3) is 2.32. The first kappa shape index (κ1) is 14.3. The highest BCUT2D eigenvalue weighted by Gasteiger charge is 2.25. The van der Waals surface area contributed by atoms with Crippen LogP contribution in [0.15, 0.2) is 53.0 Å². The summed E-state index contributed by atoms with van der Waals surface area (Å²) in [7, 11) is 1.69. The first-order valence-corrected chi connectivity index (χ1v) is 8.33. The summed E-state index contributed by atoms with van der Waals surface area (Å²) in [5.41, 5.74) is 4.33. The molecule has 1 aromatic heterocycles. The molecular weight excluding hydrogens is 354 g/mol. The second-order valence-corrected chi connectivity index (χ2v) is 6.27. The monoisotopic (exact) mass is 369 g/mol. The molecule has 0 saturated heterocycles. The maximum Gasteiger partial charge on any atom is 0.144 e. The van der Waals surface area contributed by atoms with Crippen LogP contribution in [0, 0.1) is 0 Å². The summed E-state index contributed by atoms with van der Waals surface area (Å²) in [6.07, 6.45) is 0.973. The van der Waals surface area contributed by atoms with Crippen LogP contribution in [0.25, 0.3) is 16.9 Å².